The largest absolute Gasteiger partial charge is 0.330 e. The summed E-state index contributed by atoms with van der Waals surface area (Å²) in [4.78, 5) is 0. The number of rotatable bonds is 4. The minimum atomic E-state index is -0.193. The average molecular weight is 257 g/mol. The molecule has 1 nitrogen and oxygen atoms in total. The summed E-state index contributed by atoms with van der Waals surface area (Å²) >= 11 is 0. The molecule has 19 heavy (non-hydrogen) atoms. The molecule has 0 amide bonds. The van der Waals surface area contributed by atoms with Gasteiger partial charge in [-0.15, -0.1) is 0 Å². The SMILES string of the molecule is CC(C)(CN)c1cccc(Cc2ccc(F)cc2)c1. The Bertz CT molecular complexity index is 543. The molecule has 0 radical (unpaired) electrons. The first kappa shape index (κ1) is 13.8. The van der Waals surface area contributed by atoms with E-state index in [4.69, 9.17) is 5.73 Å². The van der Waals surface area contributed by atoms with Gasteiger partial charge in [0.25, 0.3) is 0 Å². The Labute approximate surface area is 114 Å². The lowest BCUT2D eigenvalue weighted by Crippen LogP contribution is -2.28. The van der Waals surface area contributed by atoms with Gasteiger partial charge in [0.1, 0.15) is 5.82 Å². The third kappa shape index (κ3) is 3.42. The van der Waals surface area contributed by atoms with Gasteiger partial charge in [-0.1, -0.05) is 50.2 Å². The summed E-state index contributed by atoms with van der Waals surface area (Å²) in [7, 11) is 0. The standard InChI is InChI=1S/C17H20FN/c1-17(2,12-19)15-5-3-4-14(11-15)10-13-6-8-16(18)9-7-13/h3-9,11H,10,12,19H2,1-2H3. The summed E-state index contributed by atoms with van der Waals surface area (Å²) in [5.74, 6) is -0.193. The molecule has 0 atom stereocenters. The molecule has 2 rings (SSSR count). The number of hydrogen-bond acceptors (Lipinski definition) is 1. The molecule has 0 aliphatic carbocycles. The van der Waals surface area contributed by atoms with Crippen LogP contribution in [0.1, 0.15) is 30.5 Å². The molecule has 100 valence electrons. The van der Waals surface area contributed by atoms with Gasteiger partial charge in [-0.25, -0.2) is 4.39 Å². The van der Waals surface area contributed by atoms with E-state index < -0.39 is 0 Å². The van der Waals surface area contributed by atoms with E-state index in [9.17, 15) is 4.39 Å². The Kier molecular flexibility index (Phi) is 4.01. The van der Waals surface area contributed by atoms with Gasteiger partial charge in [0.05, 0.1) is 0 Å². The van der Waals surface area contributed by atoms with Gasteiger partial charge in [0.15, 0.2) is 0 Å². The first-order valence-electron chi connectivity index (χ1n) is 6.55. The first-order valence-corrected chi connectivity index (χ1v) is 6.55. The Morgan fingerprint density at radius 1 is 1.00 bits per heavy atom. The van der Waals surface area contributed by atoms with E-state index >= 15 is 0 Å². The molecule has 2 heteroatoms. The van der Waals surface area contributed by atoms with E-state index in [-0.39, 0.29) is 11.2 Å². The van der Waals surface area contributed by atoms with Crippen LogP contribution in [0.2, 0.25) is 0 Å². The molecule has 0 unspecified atom stereocenters. The predicted octanol–water partition coefficient (Wildman–Crippen LogP) is 3.65. The molecule has 0 aromatic heterocycles. The van der Waals surface area contributed by atoms with Crippen molar-refractivity contribution in [3.05, 3.63) is 71.0 Å². The second-order valence-corrected chi connectivity index (χ2v) is 5.59. The summed E-state index contributed by atoms with van der Waals surface area (Å²) < 4.78 is 12.9. The highest BCUT2D eigenvalue weighted by molar-refractivity contribution is 5.33. The van der Waals surface area contributed by atoms with E-state index in [1.807, 2.05) is 12.1 Å². The van der Waals surface area contributed by atoms with Crippen molar-refractivity contribution in [3.63, 3.8) is 0 Å². The second kappa shape index (κ2) is 5.54. The lowest BCUT2D eigenvalue weighted by molar-refractivity contribution is 0.538. The van der Waals surface area contributed by atoms with Crippen LogP contribution in [0.15, 0.2) is 48.5 Å². The highest BCUT2D eigenvalue weighted by Crippen LogP contribution is 2.23. The Balaban J connectivity index is 2.22. The van der Waals surface area contributed by atoms with Crippen LogP contribution in [0.5, 0.6) is 0 Å². The van der Waals surface area contributed by atoms with Gasteiger partial charge in [0.2, 0.25) is 0 Å². The van der Waals surface area contributed by atoms with E-state index in [0.29, 0.717) is 6.54 Å². The van der Waals surface area contributed by atoms with Gasteiger partial charge in [-0.3, -0.25) is 0 Å². The van der Waals surface area contributed by atoms with Crippen molar-refractivity contribution in [1.82, 2.24) is 0 Å². The van der Waals surface area contributed by atoms with Crippen molar-refractivity contribution in [1.29, 1.82) is 0 Å². The summed E-state index contributed by atoms with van der Waals surface area (Å²) in [6.07, 6.45) is 0.814. The van der Waals surface area contributed by atoms with Crippen molar-refractivity contribution in [2.24, 2.45) is 5.73 Å². The fourth-order valence-corrected chi connectivity index (χ4v) is 2.06. The van der Waals surface area contributed by atoms with Crippen LogP contribution < -0.4 is 5.73 Å². The lowest BCUT2D eigenvalue weighted by Gasteiger charge is -2.23. The van der Waals surface area contributed by atoms with Crippen LogP contribution in [0, 0.1) is 5.82 Å². The monoisotopic (exact) mass is 257 g/mol. The Morgan fingerprint density at radius 2 is 1.68 bits per heavy atom. The molecule has 0 spiro atoms. The molecule has 0 heterocycles. The molecular weight excluding hydrogens is 237 g/mol. The van der Waals surface area contributed by atoms with Gasteiger partial charge < -0.3 is 5.73 Å². The molecule has 0 saturated carbocycles. The number of halogens is 1. The first-order chi connectivity index (χ1) is 9.01. The zero-order valence-electron chi connectivity index (χ0n) is 11.5. The quantitative estimate of drug-likeness (QED) is 0.889. The maximum Gasteiger partial charge on any atom is 0.123 e. The lowest BCUT2D eigenvalue weighted by atomic mass is 9.83. The fourth-order valence-electron chi connectivity index (χ4n) is 2.06. The number of hydrogen-bond donors (Lipinski definition) is 1. The maximum absolute atomic E-state index is 12.9. The summed E-state index contributed by atoms with van der Waals surface area (Å²) in [6.45, 7) is 4.90. The second-order valence-electron chi connectivity index (χ2n) is 5.59. The summed E-state index contributed by atoms with van der Waals surface area (Å²) in [6, 6.07) is 15.1. The van der Waals surface area contributed by atoms with E-state index in [1.165, 1.54) is 23.3 Å². The summed E-state index contributed by atoms with van der Waals surface area (Å²) in [5.41, 5.74) is 9.39. The van der Waals surface area contributed by atoms with Gasteiger partial charge in [-0.2, -0.15) is 0 Å². The third-order valence-electron chi connectivity index (χ3n) is 3.54. The van der Waals surface area contributed by atoms with Gasteiger partial charge in [0, 0.05) is 12.0 Å². The van der Waals surface area contributed by atoms with Crippen LogP contribution in [-0.2, 0) is 11.8 Å². The van der Waals surface area contributed by atoms with Crippen molar-refractivity contribution in [2.45, 2.75) is 25.7 Å². The van der Waals surface area contributed by atoms with Crippen LogP contribution >= 0.6 is 0 Å². The molecular formula is C17H20FN. The van der Waals surface area contributed by atoms with Gasteiger partial charge >= 0.3 is 0 Å². The van der Waals surface area contributed by atoms with Crippen LogP contribution in [-0.4, -0.2) is 6.54 Å². The van der Waals surface area contributed by atoms with Crippen LogP contribution in [0.3, 0.4) is 0 Å². The smallest absolute Gasteiger partial charge is 0.123 e. The van der Waals surface area contributed by atoms with Crippen molar-refractivity contribution < 1.29 is 4.39 Å². The van der Waals surface area contributed by atoms with Crippen LogP contribution in [0.25, 0.3) is 0 Å². The van der Waals surface area contributed by atoms with E-state index in [1.54, 1.807) is 0 Å². The molecule has 0 aliphatic heterocycles. The van der Waals surface area contributed by atoms with Crippen LogP contribution in [0.4, 0.5) is 4.39 Å². The zero-order chi connectivity index (χ0) is 13.9. The van der Waals surface area contributed by atoms with Gasteiger partial charge in [-0.05, 0) is 35.2 Å². The third-order valence-corrected chi connectivity index (χ3v) is 3.54. The highest BCUT2D eigenvalue weighted by atomic mass is 19.1. The molecule has 0 saturated heterocycles. The molecule has 0 bridgehead atoms. The van der Waals surface area contributed by atoms with E-state index in [0.717, 1.165) is 12.0 Å². The minimum Gasteiger partial charge on any atom is -0.330 e. The predicted molar refractivity (Wildman–Crippen MR) is 77.7 cm³/mol. The highest BCUT2D eigenvalue weighted by Gasteiger charge is 2.18. The maximum atomic E-state index is 12.9. The topological polar surface area (TPSA) is 26.0 Å². The molecule has 0 fully saturated rings. The minimum absolute atomic E-state index is 0.0151. The normalized spacial score (nSPS) is 11.6. The Hall–Kier alpha value is -1.67. The average Bonchev–Trinajstić information content (AvgIpc) is 2.42. The molecule has 2 aromatic carbocycles. The summed E-state index contributed by atoms with van der Waals surface area (Å²) in [5, 5.41) is 0. The van der Waals surface area contributed by atoms with Crippen molar-refractivity contribution in [3.8, 4) is 0 Å². The number of benzene rings is 2. The fraction of sp³-hybridized carbons (Fsp3) is 0.294. The van der Waals surface area contributed by atoms with Crippen molar-refractivity contribution in [2.75, 3.05) is 6.54 Å². The van der Waals surface area contributed by atoms with Crippen molar-refractivity contribution >= 4 is 0 Å². The molecule has 0 aliphatic rings. The zero-order valence-corrected chi connectivity index (χ0v) is 11.5. The Morgan fingerprint density at radius 3 is 2.32 bits per heavy atom. The van der Waals surface area contributed by atoms with E-state index in [2.05, 4.69) is 38.1 Å². The molecule has 2 N–H and O–H groups in total. The molecule has 2 aromatic rings. The number of nitrogens with two attached hydrogens (primary N) is 1.